The van der Waals surface area contributed by atoms with E-state index in [0.717, 1.165) is 59.3 Å². The van der Waals surface area contributed by atoms with Gasteiger partial charge in [0.1, 0.15) is 5.75 Å². The summed E-state index contributed by atoms with van der Waals surface area (Å²) >= 11 is 0. The molecule has 0 spiro atoms. The van der Waals surface area contributed by atoms with Crippen molar-refractivity contribution >= 4 is 5.97 Å². The Morgan fingerprint density at radius 1 is 1.27 bits per heavy atom. The molecular weight excluding hydrogens is 380 g/mol. The van der Waals surface area contributed by atoms with Crippen molar-refractivity contribution in [1.82, 2.24) is 15.0 Å². The number of methoxy groups -OCH3 is 1. The van der Waals surface area contributed by atoms with Crippen LogP contribution in [-0.4, -0.2) is 33.1 Å². The third kappa shape index (κ3) is 2.97. The number of hydrogen-bond donors (Lipinski definition) is 3. The van der Waals surface area contributed by atoms with Crippen LogP contribution in [0.25, 0.3) is 22.5 Å². The van der Waals surface area contributed by atoms with Crippen molar-refractivity contribution in [3.05, 3.63) is 53.1 Å². The van der Waals surface area contributed by atoms with Crippen LogP contribution in [0, 0.1) is 5.92 Å². The standard InChI is InChI=1S/C23H24N4O3/c1-30-15-7-14(9-25-11-15)18-8-17-13(10-26-18)5-6-16-19(23(28)29)22(27-21(16)17)20(24)12-3-2-4-12/h7-12,20,27H,2-6,24H2,1H3,(H,28,29). The van der Waals surface area contributed by atoms with Gasteiger partial charge in [-0.25, -0.2) is 4.79 Å². The van der Waals surface area contributed by atoms with Crippen molar-refractivity contribution in [2.45, 2.75) is 38.1 Å². The van der Waals surface area contributed by atoms with Gasteiger partial charge in [-0.3, -0.25) is 9.97 Å². The van der Waals surface area contributed by atoms with E-state index in [2.05, 4.69) is 15.0 Å². The van der Waals surface area contributed by atoms with E-state index in [-0.39, 0.29) is 6.04 Å². The second-order valence-electron chi connectivity index (χ2n) is 8.13. The molecule has 2 aliphatic rings. The highest BCUT2D eigenvalue weighted by Gasteiger charge is 2.34. The summed E-state index contributed by atoms with van der Waals surface area (Å²) in [5.74, 6) is 0.0973. The zero-order valence-corrected chi connectivity index (χ0v) is 16.8. The second kappa shape index (κ2) is 7.25. The number of rotatable bonds is 5. The zero-order valence-electron chi connectivity index (χ0n) is 16.8. The Balaban J connectivity index is 1.63. The summed E-state index contributed by atoms with van der Waals surface area (Å²) in [5.41, 5.74) is 12.9. The number of carboxylic acid groups (broad SMARTS) is 1. The molecule has 0 amide bonds. The van der Waals surface area contributed by atoms with Crippen LogP contribution in [-0.2, 0) is 12.8 Å². The SMILES string of the molecule is COc1cncc(-c2cc3c(cn2)CCc2c-3[nH]c(C(N)C3CCC3)c2C(=O)O)c1. The lowest BCUT2D eigenvalue weighted by Gasteiger charge is -2.31. The molecule has 7 nitrogen and oxygen atoms in total. The molecule has 1 unspecified atom stereocenters. The molecule has 3 heterocycles. The van der Waals surface area contributed by atoms with Gasteiger partial charge in [-0.05, 0) is 54.9 Å². The molecule has 1 atom stereocenters. The number of pyridine rings is 2. The molecule has 1 fully saturated rings. The van der Waals surface area contributed by atoms with Gasteiger partial charge < -0.3 is 20.6 Å². The van der Waals surface area contributed by atoms with E-state index in [1.807, 2.05) is 18.3 Å². The maximum absolute atomic E-state index is 12.1. The van der Waals surface area contributed by atoms with E-state index in [4.69, 9.17) is 10.5 Å². The number of carbonyl (C=O) groups is 1. The van der Waals surface area contributed by atoms with Gasteiger partial charge in [-0.15, -0.1) is 0 Å². The van der Waals surface area contributed by atoms with Gasteiger partial charge in [-0.1, -0.05) is 6.42 Å². The maximum Gasteiger partial charge on any atom is 0.337 e. The minimum Gasteiger partial charge on any atom is -0.495 e. The smallest absolute Gasteiger partial charge is 0.337 e. The van der Waals surface area contributed by atoms with Crippen molar-refractivity contribution in [3.63, 3.8) is 0 Å². The average molecular weight is 404 g/mol. The number of aromatic nitrogens is 3. The van der Waals surface area contributed by atoms with Crippen LogP contribution in [0.2, 0.25) is 0 Å². The Morgan fingerprint density at radius 3 is 2.80 bits per heavy atom. The highest BCUT2D eigenvalue weighted by Crippen LogP contribution is 2.42. The number of hydrogen-bond acceptors (Lipinski definition) is 5. The monoisotopic (exact) mass is 404 g/mol. The third-order valence-electron chi connectivity index (χ3n) is 6.48. The molecule has 2 aliphatic carbocycles. The fourth-order valence-electron chi connectivity index (χ4n) is 4.57. The zero-order chi connectivity index (χ0) is 20.8. The highest BCUT2D eigenvalue weighted by molar-refractivity contribution is 5.95. The summed E-state index contributed by atoms with van der Waals surface area (Å²) in [6.45, 7) is 0. The lowest BCUT2D eigenvalue weighted by molar-refractivity contribution is 0.0693. The van der Waals surface area contributed by atoms with E-state index in [0.29, 0.717) is 29.3 Å². The van der Waals surface area contributed by atoms with E-state index < -0.39 is 5.97 Å². The summed E-state index contributed by atoms with van der Waals surface area (Å²) in [4.78, 5) is 24.4. The van der Waals surface area contributed by atoms with Gasteiger partial charge in [0.2, 0.25) is 0 Å². The van der Waals surface area contributed by atoms with Gasteiger partial charge in [0.15, 0.2) is 0 Å². The molecule has 4 N–H and O–H groups in total. The molecule has 0 saturated heterocycles. The largest absolute Gasteiger partial charge is 0.495 e. The van der Waals surface area contributed by atoms with Crippen LogP contribution < -0.4 is 10.5 Å². The second-order valence-corrected chi connectivity index (χ2v) is 8.13. The van der Waals surface area contributed by atoms with Gasteiger partial charge in [-0.2, -0.15) is 0 Å². The van der Waals surface area contributed by atoms with Crippen molar-refractivity contribution in [1.29, 1.82) is 0 Å². The first-order chi connectivity index (χ1) is 14.6. The molecule has 154 valence electrons. The van der Waals surface area contributed by atoms with Crippen LogP contribution in [0.5, 0.6) is 5.75 Å². The van der Waals surface area contributed by atoms with E-state index in [9.17, 15) is 9.90 Å². The average Bonchev–Trinajstić information content (AvgIpc) is 3.12. The first kappa shape index (κ1) is 18.8. The van der Waals surface area contributed by atoms with Gasteiger partial charge in [0, 0.05) is 35.3 Å². The maximum atomic E-state index is 12.1. The Hall–Kier alpha value is -3.19. The molecule has 3 aromatic rings. The van der Waals surface area contributed by atoms with Crippen LogP contribution in [0.1, 0.15) is 52.5 Å². The lowest BCUT2D eigenvalue weighted by Crippen LogP contribution is -2.28. The minimum atomic E-state index is -0.910. The third-order valence-corrected chi connectivity index (χ3v) is 6.48. The van der Waals surface area contributed by atoms with Gasteiger partial charge in [0.05, 0.1) is 30.3 Å². The van der Waals surface area contributed by atoms with E-state index >= 15 is 0 Å². The number of fused-ring (bicyclic) bond motifs is 3. The minimum absolute atomic E-state index is 0.275. The quantitative estimate of drug-likeness (QED) is 0.597. The predicted molar refractivity (Wildman–Crippen MR) is 112 cm³/mol. The molecule has 0 bridgehead atoms. The Kier molecular flexibility index (Phi) is 4.55. The Labute approximate surface area is 174 Å². The molecule has 5 rings (SSSR count). The molecular formula is C23H24N4O3. The first-order valence-electron chi connectivity index (χ1n) is 10.3. The number of nitrogens with one attached hydrogen (secondary N) is 1. The molecule has 0 radical (unpaired) electrons. The summed E-state index contributed by atoms with van der Waals surface area (Å²) in [5, 5.41) is 9.96. The number of nitrogens with two attached hydrogens (primary N) is 1. The fourth-order valence-corrected chi connectivity index (χ4v) is 4.57. The van der Waals surface area contributed by atoms with Crippen LogP contribution in [0.15, 0.2) is 30.7 Å². The first-order valence-corrected chi connectivity index (χ1v) is 10.3. The number of aromatic carboxylic acids is 1. The molecule has 1 saturated carbocycles. The Morgan fingerprint density at radius 2 is 2.10 bits per heavy atom. The molecule has 7 heteroatoms. The van der Waals surface area contributed by atoms with Crippen LogP contribution in [0.4, 0.5) is 0 Å². The molecule has 3 aromatic heterocycles. The van der Waals surface area contributed by atoms with Crippen LogP contribution in [0.3, 0.4) is 0 Å². The van der Waals surface area contributed by atoms with Gasteiger partial charge in [0.25, 0.3) is 0 Å². The summed E-state index contributed by atoms with van der Waals surface area (Å²) in [6.07, 6.45) is 9.96. The predicted octanol–water partition coefficient (Wildman–Crippen LogP) is 3.74. The normalized spacial score (nSPS) is 16.3. The van der Waals surface area contributed by atoms with Crippen molar-refractivity contribution in [2.24, 2.45) is 11.7 Å². The van der Waals surface area contributed by atoms with Gasteiger partial charge >= 0.3 is 5.97 Å². The fraction of sp³-hybridized carbons (Fsp3) is 0.348. The lowest BCUT2D eigenvalue weighted by atomic mass is 9.78. The number of aromatic amines is 1. The van der Waals surface area contributed by atoms with E-state index in [1.165, 1.54) is 0 Å². The van der Waals surface area contributed by atoms with Crippen molar-refractivity contribution in [2.75, 3.05) is 7.11 Å². The Bertz CT molecular complexity index is 1130. The number of carboxylic acids is 1. The highest BCUT2D eigenvalue weighted by atomic mass is 16.5. The number of H-pyrrole nitrogens is 1. The molecule has 30 heavy (non-hydrogen) atoms. The number of ether oxygens (including phenoxy) is 1. The van der Waals surface area contributed by atoms with Crippen molar-refractivity contribution < 1.29 is 14.6 Å². The molecule has 0 aliphatic heterocycles. The summed E-state index contributed by atoms with van der Waals surface area (Å²) in [6, 6.07) is 3.62. The number of aryl methyl sites for hydroxylation is 1. The topological polar surface area (TPSA) is 114 Å². The summed E-state index contributed by atoms with van der Waals surface area (Å²) < 4.78 is 5.28. The number of nitrogens with zero attached hydrogens (tertiary/aromatic N) is 2. The van der Waals surface area contributed by atoms with Crippen molar-refractivity contribution in [3.8, 4) is 28.3 Å². The van der Waals surface area contributed by atoms with E-state index in [1.54, 1.807) is 19.5 Å². The van der Waals surface area contributed by atoms with Crippen LogP contribution >= 0.6 is 0 Å². The summed E-state index contributed by atoms with van der Waals surface area (Å²) in [7, 11) is 1.60. The molecule has 0 aromatic carbocycles.